The van der Waals surface area contributed by atoms with Crippen LogP contribution in [-0.2, 0) is 4.74 Å². The molecule has 7 heteroatoms. The zero-order valence-electron chi connectivity index (χ0n) is 11.8. The number of amidine groups is 1. The fourth-order valence-corrected chi connectivity index (χ4v) is 2.97. The maximum Gasteiger partial charge on any atom is 0.410 e. The Hall–Kier alpha value is -1.50. The first kappa shape index (κ1) is 12.5. The van der Waals surface area contributed by atoms with Gasteiger partial charge in [0.1, 0.15) is 11.4 Å². The third-order valence-electron chi connectivity index (χ3n) is 3.88. The Balaban J connectivity index is 1.55. The zero-order chi connectivity index (χ0) is 13.8. The molecule has 7 nitrogen and oxygen atoms in total. The Morgan fingerprint density at radius 2 is 2.00 bits per heavy atom. The van der Waals surface area contributed by atoms with Gasteiger partial charge in [-0.05, 0) is 32.6 Å². The first-order valence-electron chi connectivity index (χ1n) is 6.67. The second kappa shape index (κ2) is 4.00. The van der Waals surface area contributed by atoms with Crippen LogP contribution in [0.1, 0.15) is 20.8 Å². The number of hydrazine groups is 2. The van der Waals surface area contributed by atoms with Crippen LogP contribution in [0.3, 0.4) is 0 Å². The number of rotatable bonds is 1. The van der Waals surface area contributed by atoms with Crippen molar-refractivity contribution < 1.29 is 9.53 Å². The summed E-state index contributed by atoms with van der Waals surface area (Å²) >= 11 is 0. The van der Waals surface area contributed by atoms with Gasteiger partial charge in [0, 0.05) is 26.1 Å². The minimum atomic E-state index is -0.424. The number of amides is 1. The van der Waals surface area contributed by atoms with E-state index < -0.39 is 5.60 Å². The molecule has 2 fully saturated rings. The molecule has 1 amide bonds. The van der Waals surface area contributed by atoms with Crippen LogP contribution in [0.4, 0.5) is 4.79 Å². The summed E-state index contributed by atoms with van der Waals surface area (Å²) in [5, 5.41) is 6.14. The Kier molecular flexibility index (Phi) is 2.63. The lowest BCUT2D eigenvalue weighted by Gasteiger charge is -2.26. The van der Waals surface area contributed by atoms with E-state index in [0.29, 0.717) is 17.8 Å². The molecule has 2 N–H and O–H groups in total. The monoisotopic (exact) mass is 267 g/mol. The summed E-state index contributed by atoms with van der Waals surface area (Å²) in [6.07, 6.45) is -0.198. The molecular weight excluding hydrogens is 246 g/mol. The van der Waals surface area contributed by atoms with Crippen molar-refractivity contribution in [1.82, 2.24) is 21.0 Å². The molecular formula is C12H21N5O2. The Labute approximate surface area is 112 Å². The van der Waals surface area contributed by atoms with Crippen molar-refractivity contribution in [3.05, 3.63) is 0 Å². The van der Waals surface area contributed by atoms with E-state index >= 15 is 0 Å². The molecule has 106 valence electrons. The smallest absolute Gasteiger partial charge is 0.410 e. The van der Waals surface area contributed by atoms with Crippen LogP contribution in [0.5, 0.6) is 0 Å². The van der Waals surface area contributed by atoms with Crippen LogP contribution < -0.4 is 11.1 Å². The first-order valence-corrected chi connectivity index (χ1v) is 6.67. The Morgan fingerprint density at radius 1 is 1.37 bits per heavy atom. The van der Waals surface area contributed by atoms with Gasteiger partial charge in [0.15, 0.2) is 0 Å². The third kappa shape index (κ3) is 2.22. The van der Waals surface area contributed by atoms with Gasteiger partial charge in [-0.25, -0.2) is 10.3 Å². The van der Waals surface area contributed by atoms with E-state index in [4.69, 9.17) is 4.74 Å². The van der Waals surface area contributed by atoms with Crippen molar-refractivity contribution in [2.75, 3.05) is 20.1 Å². The number of hydrogen-bond acceptors (Lipinski definition) is 6. The summed E-state index contributed by atoms with van der Waals surface area (Å²) in [5.74, 6) is 2.55. The van der Waals surface area contributed by atoms with Crippen LogP contribution in [0.15, 0.2) is 5.10 Å². The molecule has 1 unspecified atom stereocenters. The van der Waals surface area contributed by atoms with Crippen molar-refractivity contribution in [3.63, 3.8) is 0 Å². The number of likely N-dealkylation sites (tertiary alicyclic amines) is 1. The number of nitrogens with zero attached hydrogens (tertiary/aromatic N) is 3. The van der Waals surface area contributed by atoms with E-state index in [0.717, 1.165) is 18.9 Å². The van der Waals surface area contributed by atoms with E-state index in [-0.39, 0.29) is 6.09 Å². The number of carbonyl (C=O) groups is 1. The predicted molar refractivity (Wildman–Crippen MR) is 69.7 cm³/mol. The van der Waals surface area contributed by atoms with Crippen LogP contribution in [0.2, 0.25) is 0 Å². The van der Waals surface area contributed by atoms with Gasteiger partial charge < -0.3 is 9.64 Å². The third-order valence-corrected chi connectivity index (χ3v) is 3.88. The van der Waals surface area contributed by atoms with E-state index in [2.05, 4.69) is 16.2 Å². The normalized spacial score (nSPS) is 32.8. The highest BCUT2D eigenvalue weighted by atomic mass is 16.6. The fraction of sp³-hybridized carbons (Fsp3) is 0.833. The maximum atomic E-state index is 12.0. The predicted octanol–water partition coefficient (Wildman–Crippen LogP) is 0.367. The molecule has 3 rings (SSSR count). The summed E-state index contributed by atoms with van der Waals surface area (Å²) in [5.41, 5.74) is 5.25. The molecule has 3 atom stereocenters. The van der Waals surface area contributed by atoms with Crippen molar-refractivity contribution >= 4 is 11.9 Å². The van der Waals surface area contributed by atoms with Gasteiger partial charge in [-0.2, -0.15) is 0 Å². The average molecular weight is 267 g/mol. The minimum absolute atomic E-state index is 0.198. The maximum absolute atomic E-state index is 12.0. The number of carbonyl (C=O) groups excluding carboxylic acids is 1. The fourth-order valence-electron chi connectivity index (χ4n) is 2.97. The molecule has 0 bridgehead atoms. The van der Waals surface area contributed by atoms with Crippen LogP contribution >= 0.6 is 0 Å². The van der Waals surface area contributed by atoms with Crippen molar-refractivity contribution in [2.45, 2.75) is 26.4 Å². The van der Waals surface area contributed by atoms with Gasteiger partial charge in [-0.15, -0.1) is 10.6 Å². The van der Waals surface area contributed by atoms with Gasteiger partial charge in [-0.3, -0.25) is 5.01 Å². The SMILES string of the molecule is CN1NNN=C1C1[C@H]2CN(C(=O)OC(C)(C)C)C[C@@H]12. The van der Waals surface area contributed by atoms with Crippen LogP contribution in [0, 0.1) is 17.8 Å². The molecule has 0 radical (unpaired) electrons. The summed E-state index contributed by atoms with van der Waals surface area (Å²) in [7, 11) is 1.94. The van der Waals surface area contributed by atoms with E-state index in [1.165, 1.54) is 0 Å². The van der Waals surface area contributed by atoms with E-state index in [1.54, 1.807) is 0 Å². The molecule has 19 heavy (non-hydrogen) atoms. The lowest BCUT2D eigenvalue weighted by Crippen LogP contribution is -2.41. The Morgan fingerprint density at radius 3 is 2.47 bits per heavy atom. The van der Waals surface area contributed by atoms with E-state index in [1.807, 2.05) is 37.7 Å². The van der Waals surface area contributed by atoms with Gasteiger partial charge >= 0.3 is 6.09 Å². The van der Waals surface area contributed by atoms with Crippen molar-refractivity contribution in [3.8, 4) is 0 Å². The topological polar surface area (TPSA) is 69.2 Å². The van der Waals surface area contributed by atoms with Gasteiger partial charge in [-0.1, -0.05) is 0 Å². The van der Waals surface area contributed by atoms with E-state index in [9.17, 15) is 4.79 Å². The number of fused-ring (bicyclic) bond motifs is 1. The van der Waals surface area contributed by atoms with Crippen LogP contribution in [-0.4, -0.2) is 47.6 Å². The Bertz CT molecular complexity index is 418. The highest BCUT2D eigenvalue weighted by Gasteiger charge is 2.60. The summed E-state index contributed by atoms with van der Waals surface area (Å²) in [4.78, 5) is 13.8. The zero-order valence-corrected chi connectivity index (χ0v) is 11.8. The van der Waals surface area contributed by atoms with Crippen molar-refractivity contribution in [1.29, 1.82) is 0 Å². The molecule has 0 aromatic rings. The van der Waals surface area contributed by atoms with Gasteiger partial charge in [0.05, 0.1) is 0 Å². The number of nitrogens with one attached hydrogen (secondary N) is 2. The second-order valence-corrected chi connectivity index (χ2v) is 6.49. The minimum Gasteiger partial charge on any atom is -0.444 e. The number of hydrogen-bond donors (Lipinski definition) is 2. The lowest BCUT2D eigenvalue weighted by molar-refractivity contribution is 0.0269. The molecule has 0 aromatic heterocycles. The molecule has 2 heterocycles. The number of ether oxygens (including phenoxy) is 1. The standard InChI is InChI=1S/C12H21N5O2/c1-12(2,3)19-11(18)17-5-7-8(6-17)9(7)10-13-14-15-16(10)4/h7-9,14-15H,5-6H2,1-4H3/t7-,8+,9?. The molecule has 0 spiro atoms. The van der Waals surface area contributed by atoms with Gasteiger partial charge in [0.2, 0.25) is 0 Å². The molecule has 1 saturated heterocycles. The molecule has 1 saturated carbocycles. The first-order chi connectivity index (χ1) is 8.87. The van der Waals surface area contributed by atoms with Crippen LogP contribution in [0.25, 0.3) is 0 Å². The average Bonchev–Trinajstić information content (AvgIpc) is 2.68. The van der Waals surface area contributed by atoms with Crippen molar-refractivity contribution in [2.24, 2.45) is 22.9 Å². The molecule has 1 aliphatic carbocycles. The number of hydrazone groups is 1. The highest BCUT2D eigenvalue weighted by Crippen LogP contribution is 2.53. The largest absolute Gasteiger partial charge is 0.444 e. The summed E-state index contributed by atoms with van der Waals surface area (Å²) in [6.45, 7) is 7.23. The molecule has 0 aromatic carbocycles. The number of piperidine rings is 1. The van der Waals surface area contributed by atoms with Gasteiger partial charge in [0.25, 0.3) is 0 Å². The summed E-state index contributed by atoms with van der Waals surface area (Å²) < 4.78 is 5.39. The lowest BCUT2D eigenvalue weighted by atomic mass is 10.2. The quantitative estimate of drug-likeness (QED) is 0.718. The second-order valence-electron chi connectivity index (χ2n) is 6.49. The molecule has 3 aliphatic rings. The highest BCUT2D eigenvalue weighted by molar-refractivity contribution is 5.88. The molecule has 2 aliphatic heterocycles. The summed E-state index contributed by atoms with van der Waals surface area (Å²) in [6, 6.07) is 0.